The maximum atomic E-state index is 6.00. The van der Waals surface area contributed by atoms with Crippen molar-refractivity contribution in [1.82, 2.24) is 5.32 Å². The number of rotatable bonds is 7. The normalized spacial score (nSPS) is 33.5. The first-order chi connectivity index (χ1) is 8.20. The molecule has 2 saturated heterocycles. The predicted octanol–water partition coefficient (Wildman–Crippen LogP) is 3.36. The van der Waals surface area contributed by atoms with Crippen molar-refractivity contribution in [1.29, 1.82) is 0 Å². The third kappa shape index (κ3) is 3.45. The van der Waals surface area contributed by atoms with Gasteiger partial charge in [0.15, 0.2) is 0 Å². The molecule has 0 aromatic carbocycles. The van der Waals surface area contributed by atoms with Crippen LogP contribution in [0.15, 0.2) is 0 Å². The van der Waals surface area contributed by atoms with Gasteiger partial charge in [0, 0.05) is 12.0 Å². The van der Waals surface area contributed by atoms with Crippen molar-refractivity contribution in [2.75, 3.05) is 6.54 Å². The van der Waals surface area contributed by atoms with E-state index in [1.165, 1.54) is 38.5 Å². The molecule has 0 aromatic heterocycles. The first kappa shape index (κ1) is 13.4. The van der Waals surface area contributed by atoms with Gasteiger partial charge in [-0.1, -0.05) is 33.6 Å². The largest absolute Gasteiger partial charge is 0.375 e. The van der Waals surface area contributed by atoms with Crippen LogP contribution in [0.4, 0.5) is 0 Å². The van der Waals surface area contributed by atoms with Gasteiger partial charge in [0.05, 0.1) is 12.2 Å². The summed E-state index contributed by atoms with van der Waals surface area (Å²) in [6, 6.07) is 0.703. The first-order valence-electron chi connectivity index (χ1n) is 7.59. The maximum Gasteiger partial charge on any atom is 0.0623 e. The maximum absolute atomic E-state index is 6.00. The minimum atomic E-state index is 0.572. The van der Waals surface area contributed by atoms with E-state index in [0.717, 1.165) is 18.4 Å². The summed E-state index contributed by atoms with van der Waals surface area (Å²) < 4.78 is 6.00. The number of fused-ring (bicyclic) bond motifs is 2. The molecule has 2 heteroatoms. The average molecular weight is 239 g/mol. The SMILES string of the molecule is CCNC(CCCC(C)C)C1CC2CCC1O2. The van der Waals surface area contributed by atoms with Crippen molar-refractivity contribution in [3.63, 3.8) is 0 Å². The minimum Gasteiger partial charge on any atom is -0.375 e. The second-order valence-corrected chi connectivity index (χ2v) is 6.26. The lowest BCUT2D eigenvalue weighted by atomic mass is 9.81. The third-order valence-corrected chi connectivity index (χ3v) is 4.43. The lowest BCUT2D eigenvalue weighted by Crippen LogP contribution is -2.40. The van der Waals surface area contributed by atoms with Gasteiger partial charge in [0.25, 0.3) is 0 Å². The molecule has 2 aliphatic rings. The minimum absolute atomic E-state index is 0.572. The highest BCUT2D eigenvalue weighted by molar-refractivity contribution is 4.95. The van der Waals surface area contributed by atoms with Crippen LogP contribution in [0.5, 0.6) is 0 Å². The Balaban J connectivity index is 1.80. The zero-order valence-electron chi connectivity index (χ0n) is 11.7. The summed E-state index contributed by atoms with van der Waals surface area (Å²) in [6.45, 7) is 7.97. The molecule has 2 aliphatic heterocycles. The molecule has 1 N–H and O–H groups in total. The number of hydrogen-bond donors (Lipinski definition) is 1. The Morgan fingerprint density at radius 1 is 1.24 bits per heavy atom. The van der Waals surface area contributed by atoms with E-state index in [2.05, 4.69) is 26.1 Å². The van der Waals surface area contributed by atoms with Crippen LogP contribution in [0.3, 0.4) is 0 Å². The Morgan fingerprint density at radius 2 is 2.06 bits per heavy atom. The summed E-state index contributed by atoms with van der Waals surface area (Å²) in [7, 11) is 0. The van der Waals surface area contributed by atoms with Crippen LogP contribution in [0, 0.1) is 11.8 Å². The molecule has 2 rings (SSSR count). The van der Waals surface area contributed by atoms with E-state index >= 15 is 0 Å². The number of hydrogen-bond acceptors (Lipinski definition) is 2. The quantitative estimate of drug-likeness (QED) is 0.735. The molecule has 4 atom stereocenters. The van der Waals surface area contributed by atoms with Gasteiger partial charge in [0.2, 0.25) is 0 Å². The zero-order chi connectivity index (χ0) is 12.3. The van der Waals surface area contributed by atoms with Gasteiger partial charge in [-0.2, -0.15) is 0 Å². The van der Waals surface area contributed by atoms with Crippen LogP contribution in [0.2, 0.25) is 0 Å². The topological polar surface area (TPSA) is 21.3 Å². The van der Waals surface area contributed by atoms with Gasteiger partial charge >= 0.3 is 0 Å². The fourth-order valence-electron chi connectivity index (χ4n) is 3.58. The molecule has 17 heavy (non-hydrogen) atoms. The Labute approximate surface area is 107 Å². The fourth-order valence-corrected chi connectivity index (χ4v) is 3.58. The Hall–Kier alpha value is -0.0800. The molecule has 0 aliphatic carbocycles. The highest BCUT2D eigenvalue weighted by Gasteiger charge is 2.43. The molecule has 0 amide bonds. The number of nitrogens with one attached hydrogen (secondary N) is 1. The molecule has 2 nitrogen and oxygen atoms in total. The molecule has 2 fully saturated rings. The molecule has 0 aromatic rings. The number of ether oxygens (including phenoxy) is 1. The monoisotopic (exact) mass is 239 g/mol. The van der Waals surface area contributed by atoms with E-state index < -0.39 is 0 Å². The summed E-state index contributed by atoms with van der Waals surface area (Å²) in [5.41, 5.74) is 0. The Morgan fingerprint density at radius 3 is 2.59 bits per heavy atom. The molecule has 2 heterocycles. The van der Waals surface area contributed by atoms with E-state index in [0.29, 0.717) is 18.2 Å². The van der Waals surface area contributed by atoms with Crippen LogP contribution in [-0.4, -0.2) is 24.8 Å². The van der Waals surface area contributed by atoms with Crippen molar-refractivity contribution in [3.05, 3.63) is 0 Å². The lowest BCUT2D eigenvalue weighted by molar-refractivity contribution is 0.0848. The van der Waals surface area contributed by atoms with Gasteiger partial charge < -0.3 is 10.1 Å². The van der Waals surface area contributed by atoms with Crippen LogP contribution in [0.1, 0.15) is 59.3 Å². The molecule has 0 saturated carbocycles. The van der Waals surface area contributed by atoms with Crippen LogP contribution < -0.4 is 5.32 Å². The highest BCUT2D eigenvalue weighted by Crippen LogP contribution is 2.41. The highest BCUT2D eigenvalue weighted by atomic mass is 16.5. The van der Waals surface area contributed by atoms with Crippen LogP contribution in [0.25, 0.3) is 0 Å². The van der Waals surface area contributed by atoms with E-state index in [1.54, 1.807) is 0 Å². The summed E-state index contributed by atoms with van der Waals surface area (Å²) in [6.07, 6.45) is 9.16. The summed E-state index contributed by atoms with van der Waals surface area (Å²) in [4.78, 5) is 0. The Bertz CT molecular complexity index is 229. The standard InChI is InChI=1S/C15H29NO/c1-4-16-14(7-5-6-11(2)3)13-10-12-8-9-15(13)17-12/h11-16H,4-10H2,1-3H3. The van der Waals surface area contributed by atoms with E-state index in [9.17, 15) is 0 Å². The summed E-state index contributed by atoms with van der Waals surface area (Å²) in [5, 5.41) is 3.70. The van der Waals surface area contributed by atoms with Crippen LogP contribution >= 0.6 is 0 Å². The van der Waals surface area contributed by atoms with Crippen molar-refractivity contribution in [2.24, 2.45) is 11.8 Å². The second kappa shape index (κ2) is 6.19. The third-order valence-electron chi connectivity index (χ3n) is 4.43. The smallest absolute Gasteiger partial charge is 0.0623 e. The molecular formula is C15H29NO. The summed E-state index contributed by atoms with van der Waals surface area (Å²) >= 11 is 0. The van der Waals surface area contributed by atoms with Gasteiger partial charge in [-0.15, -0.1) is 0 Å². The average Bonchev–Trinajstić information content (AvgIpc) is 2.89. The first-order valence-corrected chi connectivity index (χ1v) is 7.59. The van der Waals surface area contributed by atoms with Gasteiger partial charge in [0.1, 0.15) is 0 Å². The molecule has 100 valence electrons. The van der Waals surface area contributed by atoms with Gasteiger partial charge in [-0.25, -0.2) is 0 Å². The van der Waals surface area contributed by atoms with Crippen molar-refractivity contribution >= 4 is 0 Å². The molecular weight excluding hydrogens is 210 g/mol. The zero-order valence-corrected chi connectivity index (χ0v) is 11.7. The lowest BCUT2D eigenvalue weighted by Gasteiger charge is -2.29. The van der Waals surface area contributed by atoms with E-state index in [4.69, 9.17) is 4.74 Å². The van der Waals surface area contributed by atoms with Crippen molar-refractivity contribution < 1.29 is 4.74 Å². The molecule has 0 radical (unpaired) electrons. The summed E-state index contributed by atoms with van der Waals surface area (Å²) in [5.74, 6) is 1.63. The Kier molecular flexibility index (Phi) is 4.87. The van der Waals surface area contributed by atoms with Crippen LogP contribution in [-0.2, 0) is 4.74 Å². The van der Waals surface area contributed by atoms with E-state index in [1.807, 2.05) is 0 Å². The van der Waals surface area contributed by atoms with Gasteiger partial charge in [-0.3, -0.25) is 0 Å². The van der Waals surface area contributed by atoms with Crippen molar-refractivity contribution in [2.45, 2.75) is 77.5 Å². The molecule has 4 unspecified atom stereocenters. The predicted molar refractivity (Wildman–Crippen MR) is 72.2 cm³/mol. The molecule has 2 bridgehead atoms. The molecule has 0 spiro atoms. The fraction of sp³-hybridized carbons (Fsp3) is 1.00. The van der Waals surface area contributed by atoms with Crippen molar-refractivity contribution in [3.8, 4) is 0 Å². The van der Waals surface area contributed by atoms with Gasteiger partial charge in [-0.05, 0) is 38.1 Å². The van der Waals surface area contributed by atoms with E-state index in [-0.39, 0.29) is 0 Å². The second-order valence-electron chi connectivity index (χ2n) is 6.26.